The molecule has 0 aliphatic heterocycles. The average molecular weight is 401 g/mol. The number of amides is 1. The minimum Gasteiger partial charge on any atom is -0.350 e. The number of aromatic nitrogens is 2. The van der Waals surface area contributed by atoms with Gasteiger partial charge in [-0.25, -0.2) is 4.68 Å². The molecule has 144 valence electrons. The van der Waals surface area contributed by atoms with Crippen LogP contribution >= 0.6 is 11.3 Å². The lowest BCUT2D eigenvalue weighted by molar-refractivity contribution is 0.0952. The molecule has 1 N–H and O–H groups in total. The van der Waals surface area contributed by atoms with Crippen molar-refractivity contribution in [1.29, 1.82) is 0 Å². The van der Waals surface area contributed by atoms with Crippen LogP contribution in [0, 0.1) is 0 Å². The van der Waals surface area contributed by atoms with Crippen LogP contribution in [0.2, 0.25) is 0 Å². The summed E-state index contributed by atoms with van der Waals surface area (Å²) in [5, 5.41) is 9.21. The maximum absolute atomic E-state index is 12.4. The van der Waals surface area contributed by atoms with E-state index in [1.807, 2.05) is 60.0 Å². The first-order valence-electron chi connectivity index (χ1n) is 9.26. The van der Waals surface area contributed by atoms with Crippen LogP contribution in [0.4, 0.5) is 0 Å². The molecule has 0 spiro atoms. The molecule has 2 heterocycles. The quantitative estimate of drug-likeness (QED) is 0.530. The van der Waals surface area contributed by atoms with Gasteiger partial charge in [-0.15, -0.1) is 11.3 Å². The van der Waals surface area contributed by atoms with Gasteiger partial charge in [0.15, 0.2) is 0 Å². The Kier molecular flexibility index (Phi) is 5.63. The first-order valence-corrected chi connectivity index (χ1v) is 10.1. The molecule has 2 aromatic carbocycles. The first kappa shape index (κ1) is 18.8. The van der Waals surface area contributed by atoms with E-state index in [2.05, 4.69) is 10.4 Å². The molecule has 0 saturated heterocycles. The van der Waals surface area contributed by atoms with Crippen LogP contribution in [-0.4, -0.2) is 22.2 Å². The Hall–Kier alpha value is -3.51. The van der Waals surface area contributed by atoms with Gasteiger partial charge >= 0.3 is 0 Å². The van der Waals surface area contributed by atoms with E-state index in [9.17, 15) is 9.59 Å². The Labute approximate surface area is 172 Å². The number of rotatable bonds is 6. The predicted molar refractivity (Wildman–Crippen MR) is 116 cm³/mol. The van der Waals surface area contributed by atoms with Crippen LogP contribution in [0.5, 0.6) is 0 Å². The van der Waals surface area contributed by atoms with E-state index in [0.29, 0.717) is 18.7 Å². The van der Waals surface area contributed by atoms with Gasteiger partial charge in [-0.3, -0.25) is 9.59 Å². The van der Waals surface area contributed by atoms with E-state index in [0.717, 1.165) is 21.7 Å². The van der Waals surface area contributed by atoms with E-state index in [1.54, 1.807) is 29.5 Å². The zero-order valence-electron chi connectivity index (χ0n) is 15.6. The van der Waals surface area contributed by atoms with Gasteiger partial charge in [0.05, 0.1) is 11.4 Å². The molecule has 0 aliphatic rings. The van der Waals surface area contributed by atoms with Gasteiger partial charge in [-0.2, -0.15) is 5.10 Å². The molecular weight excluding hydrogens is 382 g/mol. The van der Waals surface area contributed by atoms with Crippen molar-refractivity contribution < 1.29 is 4.79 Å². The van der Waals surface area contributed by atoms with Crippen LogP contribution in [-0.2, 0) is 6.54 Å². The van der Waals surface area contributed by atoms with Crippen molar-refractivity contribution in [3.8, 4) is 21.7 Å². The predicted octanol–water partition coefficient (Wildman–Crippen LogP) is 4.07. The largest absolute Gasteiger partial charge is 0.350 e. The van der Waals surface area contributed by atoms with Crippen molar-refractivity contribution in [2.24, 2.45) is 0 Å². The Bertz CT molecular complexity index is 1150. The number of carbonyl (C=O) groups is 1. The van der Waals surface area contributed by atoms with E-state index in [-0.39, 0.29) is 11.5 Å². The van der Waals surface area contributed by atoms with Crippen molar-refractivity contribution >= 4 is 17.2 Å². The first-order chi connectivity index (χ1) is 14.2. The van der Waals surface area contributed by atoms with E-state index in [4.69, 9.17) is 0 Å². The second kappa shape index (κ2) is 8.67. The average Bonchev–Trinajstić information content (AvgIpc) is 3.31. The van der Waals surface area contributed by atoms with E-state index < -0.39 is 0 Å². The lowest BCUT2D eigenvalue weighted by Gasteiger charge is -2.08. The van der Waals surface area contributed by atoms with Gasteiger partial charge in [0.1, 0.15) is 5.69 Å². The van der Waals surface area contributed by atoms with Crippen LogP contribution in [0.3, 0.4) is 0 Å². The fraction of sp³-hybridized carbons (Fsp3) is 0.0870. The molecule has 4 rings (SSSR count). The van der Waals surface area contributed by atoms with E-state index >= 15 is 0 Å². The fourth-order valence-corrected chi connectivity index (χ4v) is 3.68. The number of hydrogen-bond acceptors (Lipinski definition) is 4. The second-order valence-corrected chi connectivity index (χ2v) is 7.40. The standard InChI is InChI=1S/C23H19N3O2S/c27-22-13-12-20(21-7-4-16-29-21)25-26(22)15-14-24-23(28)19-10-8-18(9-11-19)17-5-2-1-3-6-17/h1-13,16H,14-15H2,(H,24,28). The van der Waals surface area contributed by atoms with Crippen molar-refractivity contribution in [2.75, 3.05) is 6.54 Å². The summed E-state index contributed by atoms with van der Waals surface area (Å²) in [5.41, 5.74) is 3.31. The van der Waals surface area contributed by atoms with Gasteiger partial charge < -0.3 is 5.32 Å². The highest BCUT2D eigenvalue weighted by molar-refractivity contribution is 7.13. The zero-order chi connectivity index (χ0) is 20.1. The summed E-state index contributed by atoms with van der Waals surface area (Å²) < 4.78 is 1.38. The van der Waals surface area contributed by atoms with Gasteiger partial charge in [0, 0.05) is 18.2 Å². The van der Waals surface area contributed by atoms with Crippen LogP contribution in [0.25, 0.3) is 21.7 Å². The minimum absolute atomic E-state index is 0.174. The third-order valence-electron chi connectivity index (χ3n) is 4.50. The molecule has 1 amide bonds. The molecule has 0 unspecified atom stereocenters. The Morgan fingerprint density at radius 2 is 1.66 bits per heavy atom. The normalized spacial score (nSPS) is 10.6. The molecular formula is C23H19N3O2S. The highest BCUT2D eigenvalue weighted by Crippen LogP contribution is 2.21. The lowest BCUT2D eigenvalue weighted by atomic mass is 10.0. The summed E-state index contributed by atoms with van der Waals surface area (Å²) in [6.45, 7) is 0.631. The van der Waals surface area contributed by atoms with Gasteiger partial charge in [-0.05, 0) is 40.8 Å². The summed E-state index contributed by atoms with van der Waals surface area (Å²) in [7, 11) is 0. The molecule has 0 aliphatic carbocycles. The summed E-state index contributed by atoms with van der Waals surface area (Å²) in [4.78, 5) is 25.5. The topological polar surface area (TPSA) is 64.0 Å². The van der Waals surface area contributed by atoms with Crippen molar-refractivity contribution in [3.05, 3.63) is 100 Å². The maximum Gasteiger partial charge on any atom is 0.266 e. The summed E-state index contributed by atoms with van der Waals surface area (Å²) in [5.74, 6) is -0.174. The van der Waals surface area contributed by atoms with Gasteiger partial charge in [0.2, 0.25) is 0 Å². The minimum atomic E-state index is -0.188. The molecule has 5 nitrogen and oxygen atoms in total. The summed E-state index contributed by atoms with van der Waals surface area (Å²) in [6, 6.07) is 24.6. The van der Waals surface area contributed by atoms with Crippen molar-refractivity contribution in [1.82, 2.24) is 15.1 Å². The number of nitrogens with zero attached hydrogens (tertiary/aromatic N) is 2. The third kappa shape index (κ3) is 4.50. The Balaban J connectivity index is 1.38. The maximum atomic E-state index is 12.4. The zero-order valence-corrected chi connectivity index (χ0v) is 16.4. The van der Waals surface area contributed by atoms with Gasteiger partial charge in [-0.1, -0.05) is 48.5 Å². The Morgan fingerprint density at radius 3 is 2.38 bits per heavy atom. The van der Waals surface area contributed by atoms with Crippen LogP contribution in [0.1, 0.15) is 10.4 Å². The smallest absolute Gasteiger partial charge is 0.266 e. The molecule has 6 heteroatoms. The molecule has 2 aromatic heterocycles. The van der Waals surface area contributed by atoms with Crippen molar-refractivity contribution in [3.63, 3.8) is 0 Å². The highest BCUT2D eigenvalue weighted by atomic mass is 32.1. The molecule has 29 heavy (non-hydrogen) atoms. The molecule has 0 radical (unpaired) electrons. The highest BCUT2D eigenvalue weighted by Gasteiger charge is 2.07. The summed E-state index contributed by atoms with van der Waals surface area (Å²) >= 11 is 1.57. The molecule has 0 saturated carbocycles. The number of thiophene rings is 1. The molecule has 0 atom stereocenters. The number of hydrogen-bond donors (Lipinski definition) is 1. The number of carbonyl (C=O) groups excluding carboxylic acids is 1. The number of benzene rings is 2. The second-order valence-electron chi connectivity index (χ2n) is 6.46. The fourth-order valence-electron chi connectivity index (χ4n) is 2.99. The van der Waals surface area contributed by atoms with Gasteiger partial charge in [0.25, 0.3) is 11.5 Å². The monoisotopic (exact) mass is 401 g/mol. The molecule has 4 aromatic rings. The van der Waals surface area contributed by atoms with Crippen molar-refractivity contribution in [2.45, 2.75) is 6.54 Å². The number of nitrogens with one attached hydrogen (secondary N) is 1. The molecule has 0 fully saturated rings. The van der Waals surface area contributed by atoms with Crippen LogP contribution in [0.15, 0.2) is 89.0 Å². The molecule has 0 bridgehead atoms. The Morgan fingerprint density at radius 1 is 0.897 bits per heavy atom. The van der Waals surface area contributed by atoms with Crippen LogP contribution < -0.4 is 10.9 Å². The summed E-state index contributed by atoms with van der Waals surface area (Å²) in [6.07, 6.45) is 0. The lowest BCUT2D eigenvalue weighted by Crippen LogP contribution is -2.31. The third-order valence-corrected chi connectivity index (χ3v) is 5.40. The SMILES string of the molecule is O=C(NCCn1nc(-c2cccs2)ccc1=O)c1ccc(-c2ccccc2)cc1. The van der Waals surface area contributed by atoms with E-state index in [1.165, 1.54) is 10.7 Å².